The van der Waals surface area contributed by atoms with Crippen molar-refractivity contribution in [2.75, 3.05) is 19.6 Å². The summed E-state index contributed by atoms with van der Waals surface area (Å²) in [5.41, 5.74) is 5.40. The van der Waals surface area contributed by atoms with E-state index in [1.807, 2.05) is 0 Å². The summed E-state index contributed by atoms with van der Waals surface area (Å²) in [6, 6.07) is 0. The summed E-state index contributed by atoms with van der Waals surface area (Å²) in [6.45, 7) is 3.05. The third-order valence-corrected chi connectivity index (χ3v) is 2.37. The smallest absolute Gasteiger partial charge is 0.00174 e. The number of hydrogen-bond donors (Lipinski definition) is 2. The molecule has 3 N–H and O–H groups in total. The maximum atomic E-state index is 5.40. The second-order valence-electron chi connectivity index (χ2n) is 3.50. The van der Waals surface area contributed by atoms with Crippen LogP contribution in [0.5, 0.6) is 0 Å². The lowest BCUT2D eigenvalue weighted by atomic mass is 9.94. The lowest BCUT2D eigenvalue weighted by Crippen LogP contribution is -2.25. The van der Waals surface area contributed by atoms with Gasteiger partial charge in [-0.15, -0.1) is 0 Å². The van der Waals surface area contributed by atoms with Gasteiger partial charge in [0.05, 0.1) is 0 Å². The summed E-state index contributed by atoms with van der Waals surface area (Å²) >= 11 is 0. The fourth-order valence-corrected chi connectivity index (χ4v) is 1.57. The summed E-state index contributed by atoms with van der Waals surface area (Å²) in [5.74, 6) is 0.868. The fraction of sp³-hybridized carbons (Fsp3) is 0.800. The van der Waals surface area contributed by atoms with E-state index in [9.17, 15) is 0 Å². The van der Waals surface area contributed by atoms with E-state index < -0.39 is 0 Å². The second-order valence-corrected chi connectivity index (χ2v) is 3.50. The van der Waals surface area contributed by atoms with Gasteiger partial charge in [-0.3, -0.25) is 0 Å². The summed E-state index contributed by atoms with van der Waals surface area (Å²) in [6.07, 6.45) is 9.57. The Hall–Kier alpha value is -0.340. The van der Waals surface area contributed by atoms with Gasteiger partial charge in [0.25, 0.3) is 0 Å². The highest BCUT2D eigenvalue weighted by atomic mass is 14.9. The molecule has 0 aliphatic heterocycles. The van der Waals surface area contributed by atoms with Gasteiger partial charge < -0.3 is 11.1 Å². The zero-order chi connectivity index (χ0) is 8.65. The van der Waals surface area contributed by atoms with E-state index in [2.05, 4.69) is 17.5 Å². The summed E-state index contributed by atoms with van der Waals surface area (Å²) < 4.78 is 0. The minimum atomic E-state index is 0.803. The molecule has 1 aliphatic rings. The minimum absolute atomic E-state index is 0.803. The summed E-state index contributed by atoms with van der Waals surface area (Å²) in [4.78, 5) is 0. The van der Waals surface area contributed by atoms with Gasteiger partial charge >= 0.3 is 0 Å². The maximum absolute atomic E-state index is 5.40. The van der Waals surface area contributed by atoms with Crippen molar-refractivity contribution in [2.24, 2.45) is 11.7 Å². The van der Waals surface area contributed by atoms with Crippen LogP contribution in [0, 0.1) is 5.92 Å². The van der Waals surface area contributed by atoms with Gasteiger partial charge in [0.15, 0.2) is 0 Å². The molecule has 70 valence electrons. The predicted molar refractivity (Wildman–Crippen MR) is 53.0 cm³/mol. The number of rotatable bonds is 5. The van der Waals surface area contributed by atoms with E-state index in [-0.39, 0.29) is 0 Å². The number of nitrogens with one attached hydrogen (secondary N) is 1. The Labute approximate surface area is 75.2 Å². The molecule has 0 aromatic carbocycles. The van der Waals surface area contributed by atoms with E-state index in [1.165, 1.54) is 25.8 Å². The van der Waals surface area contributed by atoms with Crippen LogP contribution in [-0.2, 0) is 0 Å². The molecule has 1 rings (SSSR count). The molecule has 2 nitrogen and oxygen atoms in total. The van der Waals surface area contributed by atoms with E-state index >= 15 is 0 Å². The molecule has 2 heteroatoms. The number of hydrogen-bond acceptors (Lipinski definition) is 2. The first kappa shape index (κ1) is 9.75. The molecule has 0 unspecified atom stereocenters. The first-order chi connectivity index (χ1) is 5.93. The van der Waals surface area contributed by atoms with Crippen molar-refractivity contribution in [3.8, 4) is 0 Å². The lowest BCUT2D eigenvalue weighted by Gasteiger charge is -2.17. The van der Waals surface area contributed by atoms with Crippen LogP contribution in [0.25, 0.3) is 0 Å². The van der Waals surface area contributed by atoms with Gasteiger partial charge in [-0.2, -0.15) is 0 Å². The normalized spacial score (nSPS) is 22.9. The van der Waals surface area contributed by atoms with Crippen LogP contribution in [0.1, 0.15) is 25.7 Å². The molecule has 0 fully saturated rings. The predicted octanol–water partition coefficient (Wildman–Crippen LogP) is 1.28. The van der Waals surface area contributed by atoms with Crippen LogP contribution in [0.4, 0.5) is 0 Å². The number of allylic oxidation sites excluding steroid dienone is 2. The Balaban J connectivity index is 1.95. The monoisotopic (exact) mass is 168 g/mol. The van der Waals surface area contributed by atoms with Crippen molar-refractivity contribution >= 4 is 0 Å². The zero-order valence-electron chi connectivity index (χ0n) is 7.76. The van der Waals surface area contributed by atoms with Crippen molar-refractivity contribution in [3.63, 3.8) is 0 Å². The zero-order valence-corrected chi connectivity index (χ0v) is 7.76. The fourth-order valence-electron chi connectivity index (χ4n) is 1.57. The van der Waals surface area contributed by atoms with Gasteiger partial charge in [-0.25, -0.2) is 0 Å². The standard InChI is InChI=1S/C10H20N2/c11-7-4-8-12-9-10-5-2-1-3-6-10/h1-2,10,12H,3-9,11H2/t10-/m0/s1. The highest BCUT2D eigenvalue weighted by Crippen LogP contribution is 2.16. The average Bonchev–Trinajstić information content (AvgIpc) is 2.14. The van der Waals surface area contributed by atoms with Gasteiger partial charge in [-0.1, -0.05) is 12.2 Å². The SMILES string of the molecule is NCCCNC[C@H]1CC=CCC1. The maximum Gasteiger partial charge on any atom is -0.00174 e. The van der Waals surface area contributed by atoms with Crippen LogP contribution >= 0.6 is 0 Å². The molecular weight excluding hydrogens is 148 g/mol. The highest BCUT2D eigenvalue weighted by molar-refractivity contribution is 4.90. The second kappa shape index (κ2) is 6.21. The Morgan fingerprint density at radius 1 is 1.42 bits per heavy atom. The van der Waals surface area contributed by atoms with Crippen LogP contribution < -0.4 is 11.1 Å². The summed E-state index contributed by atoms with van der Waals surface area (Å²) in [5, 5.41) is 3.44. The molecule has 0 bridgehead atoms. The van der Waals surface area contributed by atoms with E-state index in [0.717, 1.165) is 25.4 Å². The molecule has 0 saturated carbocycles. The van der Waals surface area contributed by atoms with Gasteiger partial charge in [0.1, 0.15) is 0 Å². The molecule has 0 saturated heterocycles. The average molecular weight is 168 g/mol. The summed E-state index contributed by atoms with van der Waals surface area (Å²) in [7, 11) is 0. The third-order valence-electron chi connectivity index (χ3n) is 2.37. The Kier molecular flexibility index (Phi) is 5.04. The van der Waals surface area contributed by atoms with Gasteiger partial charge in [-0.05, 0) is 51.2 Å². The van der Waals surface area contributed by atoms with E-state index in [0.29, 0.717) is 0 Å². The molecule has 12 heavy (non-hydrogen) atoms. The van der Waals surface area contributed by atoms with E-state index in [4.69, 9.17) is 5.73 Å². The van der Waals surface area contributed by atoms with E-state index in [1.54, 1.807) is 0 Å². The lowest BCUT2D eigenvalue weighted by molar-refractivity contribution is 0.440. The van der Waals surface area contributed by atoms with Gasteiger partial charge in [0.2, 0.25) is 0 Å². The Morgan fingerprint density at radius 3 is 3.00 bits per heavy atom. The minimum Gasteiger partial charge on any atom is -0.330 e. The third kappa shape index (κ3) is 3.88. The van der Waals surface area contributed by atoms with Crippen LogP contribution in [0.15, 0.2) is 12.2 Å². The van der Waals surface area contributed by atoms with Gasteiger partial charge in [0, 0.05) is 0 Å². The number of nitrogens with two attached hydrogens (primary N) is 1. The molecule has 0 radical (unpaired) electrons. The molecular formula is C10H20N2. The molecule has 1 aliphatic carbocycles. The van der Waals surface area contributed by atoms with Crippen molar-refractivity contribution in [1.29, 1.82) is 0 Å². The molecule has 1 atom stereocenters. The van der Waals surface area contributed by atoms with Crippen molar-refractivity contribution < 1.29 is 0 Å². The first-order valence-corrected chi connectivity index (χ1v) is 4.99. The molecule has 0 heterocycles. The van der Waals surface area contributed by atoms with Crippen molar-refractivity contribution in [2.45, 2.75) is 25.7 Å². The highest BCUT2D eigenvalue weighted by Gasteiger charge is 2.07. The topological polar surface area (TPSA) is 38.0 Å². The molecule has 0 amide bonds. The van der Waals surface area contributed by atoms with Crippen LogP contribution in [0.2, 0.25) is 0 Å². The van der Waals surface area contributed by atoms with Crippen LogP contribution in [-0.4, -0.2) is 19.6 Å². The molecule has 0 spiro atoms. The molecule has 0 aromatic heterocycles. The Morgan fingerprint density at radius 2 is 2.33 bits per heavy atom. The van der Waals surface area contributed by atoms with Crippen LogP contribution in [0.3, 0.4) is 0 Å². The van der Waals surface area contributed by atoms with Crippen molar-refractivity contribution in [3.05, 3.63) is 12.2 Å². The first-order valence-electron chi connectivity index (χ1n) is 4.99. The quantitative estimate of drug-likeness (QED) is 0.479. The van der Waals surface area contributed by atoms with Crippen molar-refractivity contribution in [1.82, 2.24) is 5.32 Å². The Bertz CT molecular complexity index is 132. The largest absolute Gasteiger partial charge is 0.330 e. The molecule has 0 aromatic rings.